The fourth-order valence-corrected chi connectivity index (χ4v) is 3.69. The highest BCUT2D eigenvalue weighted by Crippen LogP contribution is 2.50. The number of carbonyl (C=O) groups excluding carboxylic acids is 1. The van der Waals surface area contributed by atoms with E-state index in [-0.39, 0.29) is 17.8 Å². The third-order valence-corrected chi connectivity index (χ3v) is 4.60. The molecule has 0 bridgehead atoms. The van der Waals surface area contributed by atoms with Gasteiger partial charge in [-0.05, 0) is 42.3 Å². The average Bonchev–Trinajstić information content (AvgIpc) is 3.04. The maximum atomic E-state index is 13.6. The van der Waals surface area contributed by atoms with Crippen LogP contribution < -0.4 is 10.6 Å². The van der Waals surface area contributed by atoms with Gasteiger partial charge in [-0.15, -0.1) is 0 Å². The third kappa shape index (κ3) is 1.66. The molecule has 2 aliphatic heterocycles. The summed E-state index contributed by atoms with van der Waals surface area (Å²) in [6, 6.07) is 14.1. The van der Waals surface area contributed by atoms with E-state index in [4.69, 9.17) is 0 Å². The first kappa shape index (κ1) is 12.5. The Morgan fingerprint density at radius 3 is 2.86 bits per heavy atom. The molecule has 4 heteroatoms. The molecular formula is C17H15FN2O. The van der Waals surface area contributed by atoms with Crippen molar-refractivity contribution in [2.45, 2.75) is 17.9 Å². The second-order valence-electron chi connectivity index (χ2n) is 5.66. The minimum Gasteiger partial charge on any atom is -0.325 e. The molecule has 2 heterocycles. The highest BCUT2D eigenvalue weighted by Gasteiger charge is 2.55. The number of fused-ring (bicyclic) bond motifs is 2. The van der Waals surface area contributed by atoms with E-state index >= 15 is 0 Å². The van der Waals surface area contributed by atoms with Crippen molar-refractivity contribution in [3.63, 3.8) is 0 Å². The molecule has 21 heavy (non-hydrogen) atoms. The molecule has 1 fully saturated rings. The van der Waals surface area contributed by atoms with E-state index in [1.165, 1.54) is 12.1 Å². The number of carbonyl (C=O) groups is 1. The van der Waals surface area contributed by atoms with Crippen LogP contribution in [0.15, 0.2) is 48.5 Å². The number of benzene rings is 2. The number of anilines is 1. The van der Waals surface area contributed by atoms with Gasteiger partial charge >= 0.3 is 0 Å². The number of hydrogen-bond donors (Lipinski definition) is 2. The van der Waals surface area contributed by atoms with Crippen LogP contribution in [0.5, 0.6) is 0 Å². The van der Waals surface area contributed by atoms with Crippen LogP contribution >= 0.6 is 0 Å². The van der Waals surface area contributed by atoms with Gasteiger partial charge in [-0.25, -0.2) is 4.39 Å². The standard InChI is InChI=1S/C17H15FN2O/c18-12-5-3-4-11(10-12)15-17(8-9-19-15)13-6-1-2-7-14(13)20-16(17)21/h1-7,10,15,19H,8-9H2,(H,20,21)/t15-,17-/m0/s1. The summed E-state index contributed by atoms with van der Waals surface area (Å²) in [4.78, 5) is 12.7. The van der Waals surface area contributed by atoms with Gasteiger partial charge in [0, 0.05) is 5.69 Å². The van der Waals surface area contributed by atoms with Crippen molar-refractivity contribution in [3.8, 4) is 0 Å². The molecule has 0 aromatic heterocycles. The Labute approximate surface area is 122 Å². The molecule has 1 saturated heterocycles. The van der Waals surface area contributed by atoms with E-state index in [0.717, 1.165) is 29.8 Å². The van der Waals surface area contributed by atoms with Gasteiger partial charge in [-0.1, -0.05) is 30.3 Å². The van der Waals surface area contributed by atoms with Gasteiger partial charge in [0.1, 0.15) is 5.82 Å². The molecule has 3 nitrogen and oxygen atoms in total. The zero-order chi connectivity index (χ0) is 14.4. The van der Waals surface area contributed by atoms with Crippen LogP contribution in [-0.2, 0) is 10.2 Å². The van der Waals surface area contributed by atoms with Crippen LogP contribution in [0.4, 0.5) is 10.1 Å². The lowest BCUT2D eigenvalue weighted by molar-refractivity contribution is -0.121. The van der Waals surface area contributed by atoms with Gasteiger partial charge in [-0.3, -0.25) is 4.79 Å². The fourth-order valence-electron chi connectivity index (χ4n) is 3.69. The Hall–Kier alpha value is -2.20. The molecule has 2 aliphatic rings. The molecule has 2 atom stereocenters. The second kappa shape index (κ2) is 4.40. The molecule has 0 unspecified atom stereocenters. The monoisotopic (exact) mass is 282 g/mol. The van der Waals surface area contributed by atoms with E-state index < -0.39 is 5.41 Å². The van der Waals surface area contributed by atoms with E-state index in [9.17, 15) is 9.18 Å². The molecule has 2 aromatic rings. The molecule has 2 aromatic carbocycles. The summed E-state index contributed by atoms with van der Waals surface area (Å²) in [5, 5.41) is 6.35. The van der Waals surface area contributed by atoms with E-state index in [2.05, 4.69) is 10.6 Å². The molecule has 0 saturated carbocycles. The average molecular weight is 282 g/mol. The van der Waals surface area contributed by atoms with Crippen LogP contribution in [0.3, 0.4) is 0 Å². The zero-order valence-corrected chi connectivity index (χ0v) is 11.4. The van der Waals surface area contributed by atoms with E-state index in [1.54, 1.807) is 6.07 Å². The highest BCUT2D eigenvalue weighted by atomic mass is 19.1. The first-order valence-corrected chi connectivity index (χ1v) is 7.11. The largest absolute Gasteiger partial charge is 0.325 e. The lowest BCUT2D eigenvalue weighted by atomic mass is 9.73. The molecule has 2 N–H and O–H groups in total. The fraction of sp³-hybridized carbons (Fsp3) is 0.235. The summed E-state index contributed by atoms with van der Waals surface area (Å²) in [6.07, 6.45) is 0.719. The molecule has 106 valence electrons. The van der Waals surface area contributed by atoms with Crippen molar-refractivity contribution in [1.29, 1.82) is 0 Å². The second-order valence-corrected chi connectivity index (χ2v) is 5.66. The number of nitrogens with one attached hydrogen (secondary N) is 2. The summed E-state index contributed by atoms with van der Waals surface area (Å²) in [6.45, 7) is 0.739. The van der Waals surface area contributed by atoms with Crippen molar-refractivity contribution < 1.29 is 9.18 Å². The number of rotatable bonds is 1. The predicted octanol–water partition coefficient (Wildman–Crippen LogP) is 2.75. The summed E-state index contributed by atoms with van der Waals surface area (Å²) in [5.74, 6) is -0.272. The topological polar surface area (TPSA) is 41.1 Å². The number of halogens is 1. The minimum atomic E-state index is -0.635. The lowest BCUT2D eigenvalue weighted by Gasteiger charge is -2.29. The van der Waals surface area contributed by atoms with Crippen molar-refractivity contribution in [3.05, 3.63) is 65.5 Å². The van der Waals surface area contributed by atoms with Gasteiger partial charge in [0.05, 0.1) is 11.5 Å². The maximum absolute atomic E-state index is 13.6. The van der Waals surface area contributed by atoms with Crippen molar-refractivity contribution in [1.82, 2.24) is 5.32 Å². The molecule has 0 radical (unpaired) electrons. The van der Waals surface area contributed by atoms with Gasteiger partial charge in [-0.2, -0.15) is 0 Å². The van der Waals surface area contributed by atoms with Crippen molar-refractivity contribution in [2.75, 3.05) is 11.9 Å². The number of hydrogen-bond acceptors (Lipinski definition) is 2. The van der Waals surface area contributed by atoms with Crippen LogP contribution in [-0.4, -0.2) is 12.5 Å². The molecule has 0 aliphatic carbocycles. The Balaban J connectivity index is 1.89. The van der Waals surface area contributed by atoms with E-state index in [0.29, 0.717) is 0 Å². The van der Waals surface area contributed by atoms with Crippen LogP contribution in [0.2, 0.25) is 0 Å². The zero-order valence-electron chi connectivity index (χ0n) is 11.4. The van der Waals surface area contributed by atoms with Crippen LogP contribution in [0.25, 0.3) is 0 Å². The minimum absolute atomic E-state index is 0.00274. The summed E-state index contributed by atoms with van der Waals surface area (Å²) in [5.41, 5.74) is 2.06. The van der Waals surface area contributed by atoms with E-state index in [1.807, 2.05) is 30.3 Å². The summed E-state index contributed by atoms with van der Waals surface area (Å²) >= 11 is 0. The Morgan fingerprint density at radius 2 is 2.00 bits per heavy atom. The summed E-state index contributed by atoms with van der Waals surface area (Å²) in [7, 11) is 0. The van der Waals surface area contributed by atoms with Gasteiger partial charge in [0.2, 0.25) is 5.91 Å². The molecule has 1 spiro atoms. The summed E-state index contributed by atoms with van der Waals surface area (Å²) < 4.78 is 13.6. The predicted molar refractivity (Wildman–Crippen MR) is 78.5 cm³/mol. The van der Waals surface area contributed by atoms with Crippen molar-refractivity contribution >= 4 is 11.6 Å². The Kier molecular flexibility index (Phi) is 2.62. The smallest absolute Gasteiger partial charge is 0.237 e. The van der Waals surface area contributed by atoms with Gasteiger partial charge in [0.25, 0.3) is 0 Å². The van der Waals surface area contributed by atoms with Gasteiger partial charge in [0.15, 0.2) is 0 Å². The number of amides is 1. The van der Waals surface area contributed by atoms with Gasteiger partial charge < -0.3 is 10.6 Å². The first-order chi connectivity index (χ1) is 10.2. The Bertz CT molecular complexity index is 730. The lowest BCUT2D eigenvalue weighted by Crippen LogP contribution is -2.39. The highest BCUT2D eigenvalue weighted by molar-refractivity contribution is 6.07. The molecular weight excluding hydrogens is 267 g/mol. The number of para-hydroxylation sites is 1. The maximum Gasteiger partial charge on any atom is 0.237 e. The first-order valence-electron chi connectivity index (χ1n) is 7.11. The normalized spacial score (nSPS) is 26.9. The van der Waals surface area contributed by atoms with Crippen LogP contribution in [0.1, 0.15) is 23.6 Å². The molecule has 1 amide bonds. The molecule has 4 rings (SSSR count). The van der Waals surface area contributed by atoms with Crippen LogP contribution in [0, 0.1) is 5.82 Å². The van der Waals surface area contributed by atoms with Crippen molar-refractivity contribution in [2.24, 2.45) is 0 Å². The third-order valence-electron chi connectivity index (χ3n) is 4.60. The quantitative estimate of drug-likeness (QED) is 0.844. The Morgan fingerprint density at radius 1 is 1.14 bits per heavy atom. The SMILES string of the molecule is O=C1Nc2ccccc2[C@]12CCN[C@H]2c1cccc(F)c1.